The zero-order valence-electron chi connectivity index (χ0n) is 12.3. The summed E-state index contributed by atoms with van der Waals surface area (Å²) in [6.45, 7) is 6.57. The number of nitrogens with zero attached hydrogens (tertiary/aromatic N) is 2. The second-order valence-electron chi connectivity index (χ2n) is 4.03. The van der Waals surface area contributed by atoms with E-state index in [0.717, 1.165) is 25.3 Å². The summed E-state index contributed by atoms with van der Waals surface area (Å²) in [7, 11) is -1.35. The van der Waals surface area contributed by atoms with E-state index >= 15 is 0 Å². The Kier molecular flexibility index (Phi) is 13.1. The van der Waals surface area contributed by atoms with Crippen molar-refractivity contribution in [3.63, 3.8) is 0 Å². The third-order valence-corrected chi connectivity index (χ3v) is 3.84. The largest absolute Gasteiger partial charge is 0.356 e. The lowest BCUT2D eigenvalue weighted by molar-refractivity contribution is 0.424. The highest BCUT2D eigenvalue weighted by molar-refractivity contribution is 14.0. The van der Waals surface area contributed by atoms with Gasteiger partial charge >= 0.3 is 0 Å². The summed E-state index contributed by atoms with van der Waals surface area (Å²) in [6.07, 6.45) is 3.04. The van der Waals surface area contributed by atoms with Gasteiger partial charge in [0.15, 0.2) is 5.96 Å². The number of hydrogen-bond donors (Lipinski definition) is 2. The van der Waals surface area contributed by atoms with Crippen molar-refractivity contribution < 1.29 is 8.42 Å². The van der Waals surface area contributed by atoms with E-state index in [1.165, 1.54) is 10.6 Å². The first-order valence-corrected chi connectivity index (χ1v) is 8.20. The Bertz CT molecular complexity index is 347. The molecule has 0 aromatic heterocycles. The van der Waals surface area contributed by atoms with Gasteiger partial charge < -0.3 is 10.6 Å². The first-order valence-electron chi connectivity index (χ1n) is 6.35. The van der Waals surface area contributed by atoms with Crippen LogP contribution in [0.25, 0.3) is 0 Å². The summed E-state index contributed by atoms with van der Waals surface area (Å²) < 4.78 is 24.2. The molecule has 0 heterocycles. The van der Waals surface area contributed by atoms with E-state index in [0.29, 0.717) is 19.6 Å². The van der Waals surface area contributed by atoms with E-state index in [-0.39, 0.29) is 24.0 Å². The lowest BCUT2D eigenvalue weighted by atomic mass is 10.4. The summed E-state index contributed by atoms with van der Waals surface area (Å²) in [4.78, 5) is 4.07. The van der Waals surface area contributed by atoms with Crippen molar-refractivity contribution >= 4 is 40.0 Å². The molecule has 0 aromatic carbocycles. The van der Waals surface area contributed by atoms with Gasteiger partial charge in [0.1, 0.15) is 0 Å². The van der Waals surface area contributed by atoms with E-state index in [9.17, 15) is 8.42 Å². The van der Waals surface area contributed by atoms with Crippen LogP contribution in [0.4, 0.5) is 0 Å². The first-order chi connectivity index (χ1) is 8.45. The fourth-order valence-corrected chi connectivity index (χ4v) is 2.41. The highest BCUT2D eigenvalue weighted by Crippen LogP contribution is 1.97. The van der Waals surface area contributed by atoms with Gasteiger partial charge in [-0.15, -0.1) is 24.0 Å². The summed E-state index contributed by atoms with van der Waals surface area (Å²) in [5, 5.41) is 6.31. The number of aliphatic imine (C=N–C) groups is 1. The minimum Gasteiger partial charge on any atom is -0.356 e. The molecule has 0 amide bonds. The van der Waals surface area contributed by atoms with Gasteiger partial charge in [-0.2, -0.15) is 0 Å². The van der Waals surface area contributed by atoms with Gasteiger partial charge in [-0.05, 0) is 12.8 Å². The molecule has 8 heteroatoms. The van der Waals surface area contributed by atoms with Gasteiger partial charge in [0.2, 0.25) is 10.0 Å². The standard InChI is InChI=1S/C11H26N4O2S.HI/c1-5-8-13-11(12-3)14-9-7-10-15(6-2)18(4,16)17;/h5-10H2,1-4H3,(H2,12,13,14);1H. The van der Waals surface area contributed by atoms with Crippen LogP contribution >= 0.6 is 24.0 Å². The minimum absolute atomic E-state index is 0. The van der Waals surface area contributed by atoms with Gasteiger partial charge in [0, 0.05) is 33.2 Å². The molecule has 0 aliphatic rings. The third-order valence-electron chi connectivity index (χ3n) is 2.46. The van der Waals surface area contributed by atoms with E-state index in [1.54, 1.807) is 7.05 Å². The maximum Gasteiger partial charge on any atom is 0.211 e. The average molecular weight is 406 g/mol. The molecule has 0 saturated carbocycles. The Labute approximate surface area is 134 Å². The number of sulfonamides is 1. The zero-order valence-corrected chi connectivity index (χ0v) is 15.4. The quantitative estimate of drug-likeness (QED) is 0.271. The van der Waals surface area contributed by atoms with Crippen LogP contribution in [0.5, 0.6) is 0 Å². The molecular weight excluding hydrogens is 379 g/mol. The van der Waals surface area contributed by atoms with Crippen molar-refractivity contribution in [1.82, 2.24) is 14.9 Å². The smallest absolute Gasteiger partial charge is 0.211 e. The Morgan fingerprint density at radius 2 is 1.79 bits per heavy atom. The average Bonchev–Trinajstić information content (AvgIpc) is 2.31. The van der Waals surface area contributed by atoms with Crippen molar-refractivity contribution in [2.75, 3.05) is 39.5 Å². The van der Waals surface area contributed by atoms with Crippen molar-refractivity contribution in [2.45, 2.75) is 26.7 Å². The lowest BCUT2D eigenvalue weighted by Crippen LogP contribution is -2.39. The van der Waals surface area contributed by atoms with E-state index in [1.807, 2.05) is 6.92 Å². The SMILES string of the molecule is CCCNC(=NC)NCCCN(CC)S(C)(=O)=O.I. The molecule has 19 heavy (non-hydrogen) atoms. The number of hydrogen-bond acceptors (Lipinski definition) is 3. The normalized spacial score (nSPS) is 12.2. The predicted molar refractivity (Wildman–Crippen MR) is 91.8 cm³/mol. The van der Waals surface area contributed by atoms with Crippen molar-refractivity contribution in [3.05, 3.63) is 0 Å². The van der Waals surface area contributed by atoms with Gasteiger partial charge in [-0.3, -0.25) is 4.99 Å². The Morgan fingerprint density at radius 3 is 2.21 bits per heavy atom. The lowest BCUT2D eigenvalue weighted by Gasteiger charge is -2.18. The fraction of sp³-hybridized carbons (Fsp3) is 0.909. The summed E-state index contributed by atoms with van der Waals surface area (Å²) in [6, 6.07) is 0. The molecular formula is C11H27IN4O2S. The van der Waals surface area contributed by atoms with Crippen molar-refractivity contribution in [2.24, 2.45) is 4.99 Å². The Morgan fingerprint density at radius 1 is 1.21 bits per heavy atom. The van der Waals surface area contributed by atoms with E-state index < -0.39 is 10.0 Å². The molecule has 6 nitrogen and oxygen atoms in total. The topological polar surface area (TPSA) is 73.8 Å². The maximum atomic E-state index is 11.4. The van der Waals surface area contributed by atoms with E-state index in [4.69, 9.17) is 0 Å². The Balaban J connectivity index is 0. The number of rotatable bonds is 8. The molecule has 0 rings (SSSR count). The van der Waals surface area contributed by atoms with Crippen LogP contribution in [-0.4, -0.2) is 58.2 Å². The molecule has 0 aromatic rings. The molecule has 0 bridgehead atoms. The third kappa shape index (κ3) is 10.4. The summed E-state index contributed by atoms with van der Waals surface area (Å²) in [5.41, 5.74) is 0. The molecule has 0 unspecified atom stereocenters. The second-order valence-corrected chi connectivity index (χ2v) is 6.02. The second kappa shape index (κ2) is 11.7. The van der Waals surface area contributed by atoms with Crippen LogP contribution < -0.4 is 10.6 Å². The van der Waals surface area contributed by atoms with Crippen LogP contribution in [0, 0.1) is 0 Å². The molecule has 0 radical (unpaired) electrons. The first kappa shape index (κ1) is 21.2. The molecule has 0 aliphatic heterocycles. The highest BCUT2D eigenvalue weighted by atomic mass is 127. The Hall–Kier alpha value is -0.0900. The molecule has 0 aliphatic carbocycles. The summed E-state index contributed by atoms with van der Waals surface area (Å²) in [5.74, 6) is 0.763. The van der Waals surface area contributed by atoms with Crippen LogP contribution in [0.3, 0.4) is 0 Å². The monoisotopic (exact) mass is 406 g/mol. The molecule has 116 valence electrons. The number of guanidine groups is 1. The number of halogens is 1. The maximum absolute atomic E-state index is 11.4. The molecule has 0 spiro atoms. The summed E-state index contributed by atoms with van der Waals surface area (Å²) >= 11 is 0. The van der Waals surface area contributed by atoms with Gasteiger partial charge in [-0.25, -0.2) is 12.7 Å². The fourth-order valence-electron chi connectivity index (χ4n) is 1.48. The van der Waals surface area contributed by atoms with Crippen LogP contribution in [0.1, 0.15) is 26.7 Å². The predicted octanol–water partition coefficient (Wildman–Crippen LogP) is 0.851. The van der Waals surface area contributed by atoms with Crippen LogP contribution in [-0.2, 0) is 10.0 Å². The number of nitrogens with one attached hydrogen (secondary N) is 2. The van der Waals surface area contributed by atoms with Crippen molar-refractivity contribution in [1.29, 1.82) is 0 Å². The van der Waals surface area contributed by atoms with Gasteiger partial charge in [0.05, 0.1) is 6.26 Å². The van der Waals surface area contributed by atoms with Crippen LogP contribution in [0.2, 0.25) is 0 Å². The van der Waals surface area contributed by atoms with Gasteiger partial charge in [0.25, 0.3) is 0 Å². The minimum atomic E-state index is -3.08. The van der Waals surface area contributed by atoms with E-state index in [2.05, 4.69) is 22.5 Å². The van der Waals surface area contributed by atoms with Crippen LogP contribution in [0.15, 0.2) is 4.99 Å². The molecule has 2 N–H and O–H groups in total. The van der Waals surface area contributed by atoms with Gasteiger partial charge in [-0.1, -0.05) is 13.8 Å². The molecule has 0 fully saturated rings. The highest BCUT2D eigenvalue weighted by Gasteiger charge is 2.12. The molecule has 0 saturated heterocycles. The molecule has 0 atom stereocenters. The van der Waals surface area contributed by atoms with Crippen molar-refractivity contribution in [3.8, 4) is 0 Å². The zero-order chi connectivity index (χ0) is 14.0.